The standard InChI is InChI=1S/C19H18F3N3O/c1-13-11-17(19(20,21)22)24-25(13)10-4-9-23-18(26)16-8-7-14-5-2-3-6-15(14)12-16/h2-3,5-8,11-12H,4,9-10H2,1H3,(H,23,26). The van der Waals surface area contributed by atoms with Crippen molar-refractivity contribution in [2.24, 2.45) is 0 Å². The SMILES string of the molecule is Cc1cc(C(F)(F)F)nn1CCCNC(=O)c1ccc2ccccc2c1. The minimum absolute atomic E-state index is 0.205. The van der Waals surface area contributed by atoms with E-state index in [0.717, 1.165) is 16.8 Å². The van der Waals surface area contributed by atoms with Crippen LogP contribution in [0, 0.1) is 6.92 Å². The number of halogens is 3. The van der Waals surface area contributed by atoms with Gasteiger partial charge >= 0.3 is 6.18 Å². The number of nitrogens with zero attached hydrogens (tertiary/aromatic N) is 2. The molecule has 3 rings (SSSR count). The van der Waals surface area contributed by atoms with Crippen molar-refractivity contribution in [3.63, 3.8) is 0 Å². The van der Waals surface area contributed by atoms with Crippen LogP contribution in [0.1, 0.15) is 28.2 Å². The Kier molecular flexibility index (Phi) is 4.97. The topological polar surface area (TPSA) is 46.9 Å². The molecule has 0 aliphatic carbocycles. The van der Waals surface area contributed by atoms with Gasteiger partial charge in [-0.1, -0.05) is 30.3 Å². The smallest absolute Gasteiger partial charge is 0.352 e. The molecular weight excluding hydrogens is 343 g/mol. The Balaban J connectivity index is 1.54. The first-order chi connectivity index (χ1) is 12.3. The highest BCUT2D eigenvalue weighted by Crippen LogP contribution is 2.28. The van der Waals surface area contributed by atoms with Gasteiger partial charge in [0.1, 0.15) is 0 Å². The van der Waals surface area contributed by atoms with E-state index in [1.165, 1.54) is 4.68 Å². The number of hydrogen-bond donors (Lipinski definition) is 1. The Hall–Kier alpha value is -2.83. The van der Waals surface area contributed by atoms with Crippen molar-refractivity contribution >= 4 is 16.7 Å². The van der Waals surface area contributed by atoms with Crippen molar-refractivity contribution < 1.29 is 18.0 Å². The molecule has 4 nitrogen and oxygen atoms in total. The second-order valence-electron chi connectivity index (χ2n) is 6.06. The minimum atomic E-state index is -4.44. The van der Waals surface area contributed by atoms with E-state index in [0.29, 0.717) is 30.8 Å². The number of fused-ring (bicyclic) bond motifs is 1. The van der Waals surface area contributed by atoms with E-state index < -0.39 is 11.9 Å². The lowest BCUT2D eigenvalue weighted by Crippen LogP contribution is -2.25. The van der Waals surface area contributed by atoms with E-state index in [1.54, 1.807) is 13.0 Å². The Morgan fingerprint density at radius 3 is 2.54 bits per heavy atom. The lowest BCUT2D eigenvalue weighted by Gasteiger charge is -2.08. The third kappa shape index (κ3) is 4.04. The maximum atomic E-state index is 12.6. The summed E-state index contributed by atoms with van der Waals surface area (Å²) in [5.41, 5.74) is 0.103. The molecular formula is C19H18F3N3O. The highest BCUT2D eigenvalue weighted by molar-refractivity contribution is 5.98. The Bertz CT molecular complexity index is 931. The number of nitrogens with one attached hydrogen (secondary N) is 1. The molecule has 1 heterocycles. The fourth-order valence-electron chi connectivity index (χ4n) is 2.74. The molecule has 26 heavy (non-hydrogen) atoms. The fourth-order valence-corrected chi connectivity index (χ4v) is 2.74. The van der Waals surface area contributed by atoms with E-state index in [4.69, 9.17) is 0 Å². The van der Waals surface area contributed by atoms with Gasteiger partial charge in [-0.05, 0) is 42.3 Å². The molecule has 0 saturated carbocycles. The van der Waals surface area contributed by atoms with E-state index in [1.807, 2.05) is 36.4 Å². The molecule has 0 aliphatic heterocycles. The third-order valence-corrected chi connectivity index (χ3v) is 4.12. The summed E-state index contributed by atoms with van der Waals surface area (Å²) < 4.78 is 39.2. The quantitative estimate of drug-likeness (QED) is 0.693. The number of aromatic nitrogens is 2. The molecule has 1 amide bonds. The highest BCUT2D eigenvalue weighted by atomic mass is 19.4. The van der Waals surface area contributed by atoms with Gasteiger partial charge in [0.05, 0.1) is 0 Å². The molecule has 0 atom stereocenters. The van der Waals surface area contributed by atoms with E-state index in [9.17, 15) is 18.0 Å². The second kappa shape index (κ2) is 7.19. The number of amides is 1. The lowest BCUT2D eigenvalue weighted by atomic mass is 10.1. The molecule has 136 valence electrons. The van der Waals surface area contributed by atoms with Gasteiger partial charge in [-0.3, -0.25) is 9.48 Å². The molecule has 0 saturated heterocycles. The number of aryl methyl sites for hydroxylation is 2. The number of rotatable bonds is 5. The van der Waals surface area contributed by atoms with Gasteiger partial charge in [-0.25, -0.2) is 0 Å². The zero-order chi connectivity index (χ0) is 18.7. The van der Waals surface area contributed by atoms with Gasteiger partial charge < -0.3 is 5.32 Å². The van der Waals surface area contributed by atoms with Crippen LogP contribution in [0.4, 0.5) is 13.2 Å². The molecule has 2 aromatic carbocycles. The number of benzene rings is 2. The van der Waals surface area contributed by atoms with Gasteiger partial charge in [-0.15, -0.1) is 0 Å². The van der Waals surface area contributed by atoms with Gasteiger partial charge in [0.15, 0.2) is 5.69 Å². The normalized spacial score (nSPS) is 11.7. The Morgan fingerprint density at radius 1 is 1.12 bits per heavy atom. The van der Waals surface area contributed by atoms with E-state index in [2.05, 4.69) is 10.4 Å². The average Bonchev–Trinajstić information content (AvgIpc) is 2.99. The maximum Gasteiger partial charge on any atom is 0.435 e. The molecule has 0 bridgehead atoms. The van der Waals surface area contributed by atoms with Crippen LogP contribution in [-0.2, 0) is 12.7 Å². The molecule has 0 fully saturated rings. The Labute approximate surface area is 148 Å². The molecule has 7 heteroatoms. The zero-order valence-corrected chi connectivity index (χ0v) is 14.2. The van der Waals surface area contributed by atoms with Crippen LogP contribution in [0.2, 0.25) is 0 Å². The van der Waals surface area contributed by atoms with Crippen LogP contribution >= 0.6 is 0 Å². The molecule has 3 aromatic rings. The molecule has 0 radical (unpaired) electrons. The number of hydrogen-bond acceptors (Lipinski definition) is 2. The summed E-state index contributed by atoms with van der Waals surface area (Å²) in [7, 11) is 0. The lowest BCUT2D eigenvalue weighted by molar-refractivity contribution is -0.141. The first-order valence-electron chi connectivity index (χ1n) is 8.23. The van der Waals surface area contributed by atoms with Gasteiger partial charge in [0.25, 0.3) is 5.91 Å². The predicted molar refractivity (Wildman–Crippen MR) is 92.9 cm³/mol. The first kappa shape index (κ1) is 18.0. The zero-order valence-electron chi connectivity index (χ0n) is 14.2. The summed E-state index contributed by atoms with van der Waals surface area (Å²) in [6.45, 7) is 2.24. The Morgan fingerprint density at radius 2 is 1.85 bits per heavy atom. The van der Waals surface area contributed by atoms with E-state index >= 15 is 0 Å². The molecule has 0 unspecified atom stereocenters. The van der Waals surface area contributed by atoms with Gasteiger partial charge in [0.2, 0.25) is 0 Å². The van der Waals surface area contributed by atoms with Crippen LogP contribution in [-0.4, -0.2) is 22.2 Å². The predicted octanol–water partition coefficient (Wildman–Crippen LogP) is 4.18. The maximum absolute atomic E-state index is 12.6. The summed E-state index contributed by atoms with van der Waals surface area (Å²) in [5, 5.41) is 8.39. The fraction of sp³-hybridized carbons (Fsp3) is 0.263. The molecule has 0 aliphatic rings. The summed E-state index contributed by atoms with van der Waals surface area (Å²) in [5.74, 6) is -0.205. The third-order valence-electron chi connectivity index (χ3n) is 4.12. The van der Waals surface area contributed by atoms with Crippen molar-refractivity contribution in [1.29, 1.82) is 0 Å². The average molecular weight is 361 g/mol. The van der Waals surface area contributed by atoms with Gasteiger partial charge in [0, 0.05) is 24.3 Å². The highest BCUT2D eigenvalue weighted by Gasteiger charge is 2.34. The van der Waals surface area contributed by atoms with Crippen LogP contribution in [0.3, 0.4) is 0 Å². The summed E-state index contributed by atoms with van der Waals surface area (Å²) in [4.78, 5) is 12.2. The van der Waals surface area contributed by atoms with Crippen molar-refractivity contribution in [3.05, 3.63) is 65.5 Å². The van der Waals surface area contributed by atoms with Crippen LogP contribution < -0.4 is 5.32 Å². The summed E-state index contributed by atoms with van der Waals surface area (Å²) >= 11 is 0. The largest absolute Gasteiger partial charge is 0.435 e. The van der Waals surface area contributed by atoms with Crippen LogP contribution in [0.15, 0.2) is 48.5 Å². The summed E-state index contributed by atoms with van der Waals surface area (Å²) in [6.07, 6.45) is -3.96. The van der Waals surface area contributed by atoms with E-state index in [-0.39, 0.29) is 5.91 Å². The van der Waals surface area contributed by atoms with Crippen molar-refractivity contribution in [3.8, 4) is 0 Å². The second-order valence-corrected chi connectivity index (χ2v) is 6.06. The van der Waals surface area contributed by atoms with Crippen LogP contribution in [0.5, 0.6) is 0 Å². The number of alkyl halides is 3. The first-order valence-corrected chi connectivity index (χ1v) is 8.23. The molecule has 1 aromatic heterocycles. The number of carbonyl (C=O) groups is 1. The monoisotopic (exact) mass is 361 g/mol. The van der Waals surface area contributed by atoms with Crippen molar-refractivity contribution in [2.75, 3.05) is 6.54 Å². The molecule has 0 spiro atoms. The van der Waals surface area contributed by atoms with Gasteiger partial charge in [-0.2, -0.15) is 18.3 Å². The number of carbonyl (C=O) groups excluding carboxylic acids is 1. The minimum Gasteiger partial charge on any atom is -0.352 e. The van der Waals surface area contributed by atoms with Crippen LogP contribution in [0.25, 0.3) is 10.8 Å². The van der Waals surface area contributed by atoms with Crippen molar-refractivity contribution in [2.45, 2.75) is 26.1 Å². The van der Waals surface area contributed by atoms with Crippen molar-refractivity contribution in [1.82, 2.24) is 15.1 Å². The summed E-state index contributed by atoms with van der Waals surface area (Å²) in [6, 6.07) is 14.2. The molecule has 1 N–H and O–H groups in total.